The lowest BCUT2D eigenvalue weighted by atomic mass is 10.4. The van der Waals surface area contributed by atoms with Gasteiger partial charge in [-0.05, 0) is 18.8 Å². The standard InChI is InChI=1S/C8H10ClN3/c9-8-3-7(5-11-12-8)10-4-6-1-2-6/h3,5-6H,1-2,4H2,(H,10,12). The molecule has 1 fully saturated rings. The van der Waals surface area contributed by atoms with E-state index in [1.54, 1.807) is 12.3 Å². The fourth-order valence-corrected chi connectivity index (χ4v) is 1.18. The first-order valence-corrected chi connectivity index (χ1v) is 4.44. The molecule has 0 aliphatic heterocycles. The van der Waals surface area contributed by atoms with E-state index in [2.05, 4.69) is 15.5 Å². The molecule has 0 spiro atoms. The van der Waals surface area contributed by atoms with E-state index in [0.717, 1.165) is 18.2 Å². The average molecular weight is 184 g/mol. The first-order chi connectivity index (χ1) is 5.84. The van der Waals surface area contributed by atoms with E-state index in [1.807, 2.05) is 0 Å². The van der Waals surface area contributed by atoms with Gasteiger partial charge in [0.15, 0.2) is 5.15 Å². The molecule has 12 heavy (non-hydrogen) atoms. The van der Waals surface area contributed by atoms with Gasteiger partial charge in [0.25, 0.3) is 0 Å². The highest BCUT2D eigenvalue weighted by atomic mass is 35.5. The minimum atomic E-state index is 0.441. The van der Waals surface area contributed by atoms with E-state index in [9.17, 15) is 0 Å². The van der Waals surface area contributed by atoms with E-state index in [-0.39, 0.29) is 0 Å². The van der Waals surface area contributed by atoms with Crippen molar-refractivity contribution in [3.8, 4) is 0 Å². The molecular weight excluding hydrogens is 174 g/mol. The maximum atomic E-state index is 5.66. The summed E-state index contributed by atoms with van der Waals surface area (Å²) in [5.74, 6) is 0.858. The van der Waals surface area contributed by atoms with Gasteiger partial charge in [-0.15, -0.1) is 5.10 Å². The minimum Gasteiger partial charge on any atom is -0.383 e. The molecule has 1 saturated carbocycles. The van der Waals surface area contributed by atoms with Crippen molar-refractivity contribution in [3.63, 3.8) is 0 Å². The van der Waals surface area contributed by atoms with Gasteiger partial charge >= 0.3 is 0 Å². The largest absolute Gasteiger partial charge is 0.383 e. The second kappa shape index (κ2) is 3.27. The summed E-state index contributed by atoms with van der Waals surface area (Å²) in [4.78, 5) is 0. The van der Waals surface area contributed by atoms with Gasteiger partial charge in [-0.1, -0.05) is 11.6 Å². The van der Waals surface area contributed by atoms with Crippen molar-refractivity contribution in [2.45, 2.75) is 12.8 Å². The van der Waals surface area contributed by atoms with Crippen LogP contribution in [0.25, 0.3) is 0 Å². The highest BCUT2D eigenvalue weighted by molar-refractivity contribution is 6.29. The molecule has 1 aliphatic rings. The van der Waals surface area contributed by atoms with E-state index in [4.69, 9.17) is 11.6 Å². The number of rotatable bonds is 3. The number of hydrogen-bond donors (Lipinski definition) is 1. The van der Waals surface area contributed by atoms with Gasteiger partial charge < -0.3 is 5.32 Å². The smallest absolute Gasteiger partial charge is 0.153 e. The van der Waals surface area contributed by atoms with Gasteiger partial charge in [0.2, 0.25) is 0 Å². The first-order valence-electron chi connectivity index (χ1n) is 4.07. The average Bonchev–Trinajstić information content (AvgIpc) is 2.84. The topological polar surface area (TPSA) is 37.8 Å². The Bertz CT molecular complexity index is 273. The van der Waals surface area contributed by atoms with Crippen molar-refractivity contribution in [3.05, 3.63) is 17.4 Å². The van der Waals surface area contributed by atoms with Crippen LogP contribution in [0.2, 0.25) is 5.15 Å². The molecule has 0 aromatic carbocycles. The SMILES string of the molecule is Clc1cc(NCC2CC2)cnn1. The van der Waals surface area contributed by atoms with Crippen LogP contribution in [0.5, 0.6) is 0 Å². The Balaban J connectivity index is 1.92. The summed E-state index contributed by atoms with van der Waals surface area (Å²) < 4.78 is 0. The van der Waals surface area contributed by atoms with E-state index in [0.29, 0.717) is 5.15 Å². The second-order valence-electron chi connectivity index (χ2n) is 3.09. The predicted molar refractivity (Wildman–Crippen MR) is 48.3 cm³/mol. The van der Waals surface area contributed by atoms with Gasteiger partial charge in [0, 0.05) is 12.6 Å². The molecule has 0 atom stereocenters. The maximum absolute atomic E-state index is 5.66. The normalized spacial score (nSPS) is 16.1. The molecule has 0 amide bonds. The Morgan fingerprint density at radius 3 is 3.08 bits per heavy atom. The minimum absolute atomic E-state index is 0.441. The van der Waals surface area contributed by atoms with Crippen LogP contribution in [0.4, 0.5) is 5.69 Å². The van der Waals surface area contributed by atoms with Crippen molar-refractivity contribution >= 4 is 17.3 Å². The molecule has 0 radical (unpaired) electrons. The van der Waals surface area contributed by atoms with Crippen molar-refractivity contribution in [1.82, 2.24) is 10.2 Å². The molecule has 0 saturated heterocycles. The Morgan fingerprint density at radius 1 is 1.58 bits per heavy atom. The summed E-state index contributed by atoms with van der Waals surface area (Å²) in [6.45, 7) is 1.03. The Morgan fingerprint density at radius 2 is 2.42 bits per heavy atom. The zero-order chi connectivity index (χ0) is 8.39. The van der Waals surface area contributed by atoms with E-state index >= 15 is 0 Å². The summed E-state index contributed by atoms with van der Waals surface area (Å²) >= 11 is 5.66. The van der Waals surface area contributed by atoms with Gasteiger partial charge in [0.05, 0.1) is 11.9 Å². The lowest BCUT2D eigenvalue weighted by molar-refractivity contribution is 0.885. The fourth-order valence-electron chi connectivity index (χ4n) is 1.02. The summed E-state index contributed by atoms with van der Waals surface area (Å²) in [6, 6.07) is 1.79. The van der Waals surface area contributed by atoms with Crippen LogP contribution in [0, 0.1) is 5.92 Å². The van der Waals surface area contributed by atoms with E-state index < -0.39 is 0 Å². The summed E-state index contributed by atoms with van der Waals surface area (Å²) in [5, 5.41) is 11.1. The second-order valence-corrected chi connectivity index (χ2v) is 3.48. The third-order valence-corrected chi connectivity index (χ3v) is 2.10. The van der Waals surface area contributed by atoms with E-state index in [1.165, 1.54) is 12.8 Å². The Hall–Kier alpha value is -0.830. The number of nitrogens with one attached hydrogen (secondary N) is 1. The van der Waals surface area contributed by atoms with Crippen molar-refractivity contribution in [2.75, 3.05) is 11.9 Å². The molecule has 1 heterocycles. The Labute approximate surface area is 76.1 Å². The summed E-state index contributed by atoms with van der Waals surface area (Å²) in [5.41, 5.74) is 0.960. The number of nitrogens with zero attached hydrogens (tertiary/aromatic N) is 2. The lowest BCUT2D eigenvalue weighted by Gasteiger charge is -2.02. The number of aromatic nitrogens is 2. The van der Waals surface area contributed by atoms with Crippen molar-refractivity contribution < 1.29 is 0 Å². The molecule has 1 aliphatic carbocycles. The van der Waals surface area contributed by atoms with Crippen molar-refractivity contribution in [2.24, 2.45) is 5.92 Å². The highest BCUT2D eigenvalue weighted by Gasteiger charge is 2.20. The maximum Gasteiger partial charge on any atom is 0.153 e. The van der Waals surface area contributed by atoms with Crippen LogP contribution in [0.3, 0.4) is 0 Å². The molecule has 1 N–H and O–H groups in total. The van der Waals surface area contributed by atoms with Crippen molar-refractivity contribution in [1.29, 1.82) is 0 Å². The van der Waals surface area contributed by atoms with Gasteiger partial charge in [-0.25, -0.2) is 0 Å². The molecule has 3 nitrogen and oxygen atoms in total. The molecule has 0 bridgehead atoms. The number of anilines is 1. The molecule has 2 rings (SSSR count). The van der Waals surface area contributed by atoms with Crippen LogP contribution >= 0.6 is 11.6 Å². The number of hydrogen-bond acceptors (Lipinski definition) is 3. The van der Waals surface area contributed by atoms with Crippen LogP contribution in [0.1, 0.15) is 12.8 Å². The zero-order valence-corrected chi connectivity index (χ0v) is 7.38. The van der Waals surface area contributed by atoms with Crippen LogP contribution in [-0.2, 0) is 0 Å². The molecular formula is C8H10ClN3. The molecule has 1 aromatic heterocycles. The molecule has 64 valence electrons. The summed E-state index contributed by atoms with van der Waals surface area (Å²) in [6.07, 6.45) is 4.38. The quantitative estimate of drug-likeness (QED) is 0.779. The number of halogens is 1. The third kappa shape index (κ3) is 2.08. The third-order valence-electron chi connectivity index (χ3n) is 1.92. The van der Waals surface area contributed by atoms with Crippen LogP contribution < -0.4 is 5.32 Å². The highest BCUT2D eigenvalue weighted by Crippen LogP contribution is 2.28. The van der Waals surface area contributed by atoms with Gasteiger partial charge in [-0.3, -0.25) is 0 Å². The Kier molecular flexibility index (Phi) is 2.13. The monoisotopic (exact) mass is 183 g/mol. The fraction of sp³-hybridized carbons (Fsp3) is 0.500. The van der Waals surface area contributed by atoms with Gasteiger partial charge in [0.1, 0.15) is 0 Å². The first kappa shape index (κ1) is 7.80. The molecule has 1 aromatic rings. The van der Waals surface area contributed by atoms with Crippen LogP contribution in [-0.4, -0.2) is 16.7 Å². The summed E-state index contributed by atoms with van der Waals surface area (Å²) in [7, 11) is 0. The predicted octanol–water partition coefficient (Wildman–Crippen LogP) is 1.95. The molecule has 4 heteroatoms. The van der Waals surface area contributed by atoms with Crippen LogP contribution in [0.15, 0.2) is 12.3 Å². The van der Waals surface area contributed by atoms with Gasteiger partial charge in [-0.2, -0.15) is 5.10 Å². The zero-order valence-electron chi connectivity index (χ0n) is 6.63. The molecule has 0 unspecified atom stereocenters. The lowest BCUT2D eigenvalue weighted by Crippen LogP contribution is -2.03.